The van der Waals surface area contributed by atoms with Gasteiger partial charge in [0.05, 0.1) is 11.0 Å². The van der Waals surface area contributed by atoms with Gasteiger partial charge in [0.2, 0.25) is 0 Å². The second kappa shape index (κ2) is 4.67. The average Bonchev–Trinajstić information content (AvgIpc) is 2.68. The Kier molecular flexibility index (Phi) is 3.52. The van der Waals surface area contributed by atoms with Crippen molar-refractivity contribution in [2.24, 2.45) is 5.73 Å². The number of fused-ring (bicyclic) bond motifs is 1. The van der Waals surface area contributed by atoms with Crippen LogP contribution in [0.1, 0.15) is 39.6 Å². The summed E-state index contributed by atoms with van der Waals surface area (Å²) in [4.78, 5) is 4.79. The van der Waals surface area contributed by atoms with E-state index in [-0.39, 0.29) is 5.41 Å². The number of hydrogen-bond donors (Lipinski definition) is 1. The lowest BCUT2D eigenvalue weighted by Gasteiger charge is -2.25. The fourth-order valence-electron chi connectivity index (χ4n) is 2.16. The Bertz CT molecular complexity index is 570. The standard InChI is InChI=1S/C14H20BrN3/c1-9(2)18-12-6-5-10(15)7-11(12)17-13(18)14(3,4)8-16/h5-7,9H,8,16H2,1-4H3. The molecule has 0 spiro atoms. The number of aromatic nitrogens is 2. The van der Waals surface area contributed by atoms with Crippen LogP contribution in [-0.2, 0) is 5.41 Å². The summed E-state index contributed by atoms with van der Waals surface area (Å²) < 4.78 is 3.34. The van der Waals surface area contributed by atoms with E-state index >= 15 is 0 Å². The Morgan fingerprint density at radius 1 is 1.39 bits per heavy atom. The van der Waals surface area contributed by atoms with Crippen LogP contribution >= 0.6 is 15.9 Å². The fourth-order valence-corrected chi connectivity index (χ4v) is 2.51. The maximum atomic E-state index is 5.90. The van der Waals surface area contributed by atoms with Gasteiger partial charge in [-0.05, 0) is 32.0 Å². The monoisotopic (exact) mass is 309 g/mol. The van der Waals surface area contributed by atoms with Crippen molar-refractivity contribution in [2.75, 3.05) is 6.54 Å². The smallest absolute Gasteiger partial charge is 0.117 e. The minimum Gasteiger partial charge on any atom is -0.329 e. The van der Waals surface area contributed by atoms with Crippen LogP contribution < -0.4 is 5.73 Å². The van der Waals surface area contributed by atoms with Crippen molar-refractivity contribution in [3.63, 3.8) is 0 Å². The van der Waals surface area contributed by atoms with Crippen molar-refractivity contribution < 1.29 is 0 Å². The third kappa shape index (κ3) is 2.19. The number of halogens is 1. The van der Waals surface area contributed by atoms with Crippen LogP contribution in [0, 0.1) is 0 Å². The molecular weight excluding hydrogens is 290 g/mol. The Hall–Kier alpha value is -0.870. The van der Waals surface area contributed by atoms with Gasteiger partial charge in [-0.3, -0.25) is 0 Å². The van der Waals surface area contributed by atoms with Crippen LogP contribution in [0.3, 0.4) is 0 Å². The topological polar surface area (TPSA) is 43.8 Å². The number of nitrogens with zero attached hydrogens (tertiary/aromatic N) is 2. The van der Waals surface area contributed by atoms with E-state index in [1.54, 1.807) is 0 Å². The number of imidazole rings is 1. The highest BCUT2D eigenvalue weighted by Gasteiger charge is 2.27. The highest BCUT2D eigenvalue weighted by molar-refractivity contribution is 9.10. The van der Waals surface area contributed by atoms with Gasteiger partial charge >= 0.3 is 0 Å². The summed E-state index contributed by atoms with van der Waals surface area (Å²) in [6.45, 7) is 9.23. The lowest BCUT2D eigenvalue weighted by Crippen LogP contribution is -2.32. The zero-order valence-electron chi connectivity index (χ0n) is 11.4. The van der Waals surface area contributed by atoms with E-state index in [0.29, 0.717) is 12.6 Å². The predicted octanol–water partition coefficient (Wildman–Crippen LogP) is 3.62. The molecule has 0 saturated carbocycles. The van der Waals surface area contributed by atoms with Crippen LogP contribution in [0.5, 0.6) is 0 Å². The molecule has 0 aliphatic rings. The molecule has 0 unspecified atom stereocenters. The molecule has 0 bridgehead atoms. The average molecular weight is 310 g/mol. The first-order valence-electron chi connectivity index (χ1n) is 6.25. The zero-order chi connectivity index (χ0) is 13.5. The zero-order valence-corrected chi connectivity index (χ0v) is 13.0. The molecule has 4 heteroatoms. The third-order valence-electron chi connectivity index (χ3n) is 3.28. The van der Waals surface area contributed by atoms with Crippen molar-refractivity contribution >= 4 is 27.0 Å². The Labute approximate surface area is 117 Å². The molecule has 0 amide bonds. The maximum absolute atomic E-state index is 5.90. The molecule has 1 aromatic heterocycles. The molecule has 1 aromatic carbocycles. The summed E-state index contributed by atoms with van der Waals surface area (Å²) in [5.74, 6) is 1.06. The summed E-state index contributed by atoms with van der Waals surface area (Å²) in [6.07, 6.45) is 0. The summed E-state index contributed by atoms with van der Waals surface area (Å²) >= 11 is 3.50. The van der Waals surface area contributed by atoms with E-state index in [2.05, 4.69) is 66.4 Å². The predicted molar refractivity (Wildman–Crippen MR) is 79.9 cm³/mol. The first kappa shape index (κ1) is 13.6. The second-order valence-corrected chi connectivity index (χ2v) is 6.54. The Balaban J connectivity index is 2.77. The third-order valence-corrected chi connectivity index (χ3v) is 3.78. The molecule has 2 aromatic rings. The molecule has 18 heavy (non-hydrogen) atoms. The van der Waals surface area contributed by atoms with Gasteiger partial charge in [-0.2, -0.15) is 0 Å². The number of nitrogens with two attached hydrogens (primary N) is 1. The molecule has 1 heterocycles. The fraction of sp³-hybridized carbons (Fsp3) is 0.500. The van der Waals surface area contributed by atoms with Crippen LogP contribution in [0.25, 0.3) is 11.0 Å². The van der Waals surface area contributed by atoms with Crippen LogP contribution in [0.15, 0.2) is 22.7 Å². The van der Waals surface area contributed by atoms with E-state index in [4.69, 9.17) is 10.7 Å². The molecule has 3 nitrogen and oxygen atoms in total. The number of rotatable bonds is 3. The summed E-state index contributed by atoms with van der Waals surface area (Å²) in [7, 11) is 0. The SMILES string of the molecule is CC(C)n1c(C(C)(C)CN)nc2cc(Br)ccc21. The van der Waals surface area contributed by atoms with Crippen LogP contribution in [0.4, 0.5) is 0 Å². The van der Waals surface area contributed by atoms with Crippen molar-refractivity contribution in [3.8, 4) is 0 Å². The van der Waals surface area contributed by atoms with Gasteiger partial charge in [-0.1, -0.05) is 29.8 Å². The van der Waals surface area contributed by atoms with Gasteiger partial charge in [0.15, 0.2) is 0 Å². The van der Waals surface area contributed by atoms with Crippen LogP contribution in [-0.4, -0.2) is 16.1 Å². The van der Waals surface area contributed by atoms with E-state index in [1.165, 1.54) is 5.52 Å². The number of hydrogen-bond acceptors (Lipinski definition) is 2. The molecular formula is C14H20BrN3. The van der Waals surface area contributed by atoms with Crippen molar-refractivity contribution in [2.45, 2.75) is 39.2 Å². The highest BCUT2D eigenvalue weighted by Crippen LogP contribution is 2.30. The van der Waals surface area contributed by atoms with E-state index < -0.39 is 0 Å². The Morgan fingerprint density at radius 3 is 2.61 bits per heavy atom. The molecule has 2 N–H and O–H groups in total. The van der Waals surface area contributed by atoms with E-state index in [9.17, 15) is 0 Å². The quantitative estimate of drug-likeness (QED) is 0.941. The molecule has 0 saturated heterocycles. The molecule has 0 fully saturated rings. The van der Waals surface area contributed by atoms with E-state index in [0.717, 1.165) is 15.8 Å². The van der Waals surface area contributed by atoms with Gasteiger partial charge < -0.3 is 10.3 Å². The first-order valence-corrected chi connectivity index (χ1v) is 7.04. The van der Waals surface area contributed by atoms with Crippen molar-refractivity contribution in [1.29, 1.82) is 0 Å². The minimum absolute atomic E-state index is 0.115. The molecule has 0 aliphatic heterocycles. The Morgan fingerprint density at radius 2 is 2.06 bits per heavy atom. The maximum Gasteiger partial charge on any atom is 0.117 e. The van der Waals surface area contributed by atoms with Gasteiger partial charge in [0.25, 0.3) is 0 Å². The summed E-state index contributed by atoms with van der Waals surface area (Å²) in [5.41, 5.74) is 7.98. The minimum atomic E-state index is -0.115. The normalized spacial score (nSPS) is 12.6. The van der Waals surface area contributed by atoms with Gasteiger partial charge in [-0.25, -0.2) is 4.98 Å². The second-order valence-electron chi connectivity index (χ2n) is 5.62. The molecule has 2 rings (SSSR count). The number of benzene rings is 1. The summed E-state index contributed by atoms with van der Waals surface area (Å²) in [5, 5.41) is 0. The van der Waals surface area contributed by atoms with E-state index in [1.807, 2.05) is 0 Å². The first-order chi connectivity index (χ1) is 8.36. The van der Waals surface area contributed by atoms with Gasteiger partial charge in [0.1, 0.15) is 5.82 Å². The lowest BCUT2D eigenvalue weighted by atomic mass is 9.92. The van der Waals surface area contributed by atoms with Crippen LogP contribution in [0.2, 0.25) is 0 Å². The summed E-state index contributed by atoms with van der Waals surface area (Å²) in [6, 6.07) is 6.60. The highest BCUT2D eigenvalue weighted by atomic mass is 79.9. The lowest BCUT2D eigenvalue weighted by molar-refractivity contribution is 0.451. The molecule has 0 atom stereocenters. The van der Waals surface area contributed by atoms with Gasteiger partial charge in [0, 0.05) is 22.5 Å². The molecule has 98 valence electrons. The largest absolute Gasteiger partial charge is 0.329 e. The molecule has 0 aliphatic carbocycles. The molecule has 0 radical (unpaired) electrons. The van der Waals surface area contributed by atoms with Crippen molar-refractivity contribution in [3.05, 3.63) is 28.5 Å². The van der Waals surface area contributed by atoms with Crippen molar-refractivity contribution in [1.82, 2.24) is 9.55 Å². The van der Waals surface area contributed by atoms with Gasteiger partial charge in [-0.15, -0.1) is 0 Å².